The first-order valence-corrected chi connectivity index (χ1v) is 7.58. The highest BCUT2D eigenvalue weighted by molar-refractivity contribution is 6.30. The fourth-order valence-electron chi connectivity index (χ4n) is 2.21. The molecule has 116 valence electrons. The fraction of sp³-hybridized carbons (Fsp3) is 0.294. The largest absolute Gasteiger partial charge is 0.484 e. The van der Waals surface area contributed by atoms with E-state index in [1.165, 1.54) is 12.1 Å². The van der Waals surface area contributed by atoms with Gasteiger partial charge in [0.05, 0.1) is 0 Å². The number of rotatable bonds is 5. The van der Waals surface area contributed by atoms with Gasteiger partial charge in [-0.1, -0.05) is 23.7 Å². The van der Waals surface area contributed by atoms with Crippen molar-refractivity contribution in [3.8, 4) is 11.5 Å². The van der Waals surface area contributed by atoms with Crippen molar-refractivity contribution in [3.63, 3.8) is 0 Å². The van der Waals surface area contributed by atoms with Gasteiger partial charge in [-0.15, -0.1) is 0 Å². The summed E-state index contributed by atoms with van der Waals surface area (Å²) in [5.74, 6) is 0.941. The minimum Gasteiger partial charge on any atom is -0.484 e. The second kappa shape index (κ2) is 6.55. The molecule has 0 bridgehead atoms. The average Bonchev–Trinajstić information content (AvgIpc) is 2.45. The molecule has 0 aliphatic carbocycles. The topological polar surface area (TPSA) is 30.5 Å². The van der Waals surface area contributed by atoms with Crippen LogP contribution in [0.3, 0.4) is 0 Å². The summed E-state index contributed by atoms with van der Waals surface area (Å²) in [5.41, 5.74) is 0.770. The van der Waals surface area contributed by atoms with Gasteiger partial charge in [0.25, 0.3) is 0 Å². The number of nitrogens with one attached hydrogen (secondary N) is 1. The minimum atomic E-state index is -0.293. The van der Waals surface area contributed by atoms with Crippen molar-refractivity contribution in [2.24, 2.45) is 0 Å². The molecular formula is C17H17ClFNO2. The molecule has 1 aliphatic heterocycles. The van der Waals surface area contributed by atoms with E-state index in [0.29, 0.717) is 16.5 Å². The lowest BCUT2D eigenvalue weighted by molar-refractivity contribution is 0.129. The van der Waals surface area contributed by atoms with Gasteiger partial charge in [0.2, 0.25) is 0 Å². The Labute approximate surface area is 134 Å². The summed E-state index contributed by atoms with van der Waals surface area (Å²) >= 11 is 6.04. The molecule has 1 unspecified atom stereocenters. The normalized spacial score (nSPS) is 16.0. The van der Waals surface area contributed by atoms with E-state index < -0.39 is 0 Å². The fourth-order valence-corrected chi connectivity index (χ4v) is 2.38. The van der Waals surface area contributed by atoms with Gasteiger partial charge in [-0.25, -0.2) is 4.39 Å². The standard InChI is InChI=1S/C17H17ClFNO2/c1-11(12-3-2-4-14(19)7-12)21-16-6-5-13(18)8-17(16)22-15-9-20-10-15/h2-8,11,15,20H,9-10H2,1H3. The monoisotopic (exact) mass is 321 g/mol. The molecule has 1 atom stereocenters. The Balaban J connectivity index is 1.78. The number of halogens is 2. The predicted molar refractivity (Wildman–Crippen MR) is 84.2 cm³/mol. The van der Waals surface area contributed by atoms with Gasteiger partial charge in [0.1, 0.15) is 18.0 Å². The van der Waals surface area contributed by atoms with Gasteiger partial charge < -0.3 is 14.8 Å². The first-order chi connectivity index (χ1) is 10.6. The van der Waals surface area contributed by atoms with E-state index in [9.17, 15) is 4.39 Å². The summed E-state index contributed by atoms with van der Waals surface area (Å²) in [5, 5.41) is 3.74. The van der Waals surface area contributed by atoms with Gasteiger partial charge in [-0.2, -0.15) is 0 Å². The summed E-state index contributed by atoms with van der Waals surface area (Å²) in [6, 6.07) is 11.7. The molecule has 5 heteroatoms. The average molecular weight is 322 g/mol. The van der Waals surface area contributed by atoms with Crippen LogP contribution in [0.5, 0.6) is 11.5 Å². The highest BCUT2D eigenvalue weighted by atomic mass is 35.5. The van der Waals surface area contributed by atoms with Crippen LogP contribution in [0, 0.1) is 5.82 Å². The zero-order valence-electron chi connectivity index (χ0n) is 12.2. The van der Waals surface area contributed by atoms with Gasteiger partial charge in [-0.3, -0.25) is 0 Å². The van der Waals surface area contributed by atoms with E-state index in [2.05, 4.69) is 5.32 Å². The maximum absolute atomic E-state index is 13.3. The van der Waals surface area contributed by atoms with Crippen LogP contribution < -0.4 is 14.8 Å². The van der Waals surface area contributed by atoms with Crippen molar-refractivity contribution in [1.82, 2.24) is 5.32 Å². The molecule has 3 nitrogen and oxygen atoms in total. The third kappa shape index (κ3) is 3.51. The summed E-state index contributed by atoms with van der Waals surface area (Å²) in [6.07, 6.45) is -0.163. The Morgan fingerprint density at radius 1 is 1.18 bits per heavy atom. The quantitative estimate of drug-likeness (QED) is 0.904. The molecule has 1 aliphatic rings. The van der Waals surface area contributed by atoms with Gasteiger partial charge in [0, 0.05) is 24.2 Å². The first kappa shape index (κ1) is 15.1. The van der Waals surface area contributed by atoms with Crippen LogP contribution in [0.2, 0.25) is 5.02 Å². The van der Waals surface area contributed by atoms with Gasteiger partial charge >= 0.3 is 0 Å². The number of benzene rings is 2. The lowest BCUT2D eigenvalue weighted by Crippen LogP contribution is -2.50. The molecule has 2 aromatic carbocycles. The van der Waals surface area contributed by atoms with Crippen molar-refractivity contribution in [3.05, 3.63) is 58.9 Å². The summed E-state index contributed by atoms with van der Waals surface area (Å²) in [7, 11) is 0. The minimum absolute atomic E-state index is 0.130. The zero-order valence-corrected chi connectivity index (χ0v) is 12.9. The molecule has 22 heavy (non-hydrogen) atoms. The Morgan fingerprint density at radius 3 is 2.68 bits per heavy atom. The molecular weight excluding hydrogens is 305 g/mol. The number of ether oxygens (including phenoxy) is 2. The second-order valence-corrected chi connectivity index (χ2v) is 5.74. The van der Waals surface area contributed by atoms with Crippen LogP contribution in [-0.2, 0) is 0 Å². The van der Waals surface area contributed by atoms with Gasteiger partial charge in [-0.05, 0) is 36.8 Å². The Hall–Kier alpha value is -1.78. The maximum Gasteiger partial charge on any atom is 0.163 e. The molecule has 0 radical (unpaired) electrons. The van der Waals surface area contributed by atoms with E-state index >= 15 is 0 Å². The summed E-state index contributed by atoms with van der Waals surface area (Å²) in [6.45, 7) is 3.49. The van der Waals surface area contributed by atoms with E-state index in [0.717, 1.165) is 18.7 Å². The summed E-state index contributed by atoms with van der Waals surface area (Å²) < 4.78 is 25.1. The highest BCUT2D eigenvalue weighted by Crippen LogP contribution is 2.34. The second-order valence-electron chi connectivity index (χ2n) is 5.30. The molecule has 1 fully saturated rings. The zero-order chi connectivity index (χ0) is 15.5. The third-order valence-electron chi connectivity index (χ3n) is 3.57. The SMILES string of the molecule is CC(Oc1ccc(Cl)cc1OC1CNC1)c1cccc(F)c1. The highest BCUT2D eigenvalue weighted by Gasteiger charge is 2.21. The van der Waals surface area contributed by atoms with E-state index in [4.69, 9.17) is 21.1 Å². The molecule has 0 aromatic heterocycles. The van der Waals surface area contributed by atoms with E-state index in [-0.39, 0.29) is 18.0 Å². The van der Waals surface area contributed by atoms with E-state index in [1.54, 1.807) is 24.3 Å². The maximum atomic E-state index is 13.3. The molecule has 1 saturated heterocycles. The summed E-state index contributed by atoms with van der Waals surface area (Å²) in [4.78, 5) is 0. The van der Waals surface area contributed by atoms with Crippen molar-refractivity contribution >= 4 is 11.6 Å². The lowest BCUT2D eigenvalue weighted by atomic mass is 10.1. The molecule has 0 saturated carbocycles. The predicted octanol–water partition coefficient (Wildman–Crippen LogP) is 3.97. The first-order valence-electron chi connectivity index (χ1n) is 7.21. The molecule has 1 heterocycles. The molecule has 3 rings (SSSR count). The molecule has 2 aromatic rings. The van der Waals surface area contributed by atoms with Gasteiger partial charge in [0.15, 0.2) is 11.5 Å². The van der Waals surface area contributed by atoms with Crippen LogP contribution in [0.15, 0.2) is 42.5 Å². The molecule has 0 amide bonds. The van der Waals surface area contributed by atoms with Crippen LogP contribution >= 0.6 is 11.6 Å². The molecule has 0 spiro atoms. The lowest BCUT2D eigenvalue weighted by Gasteiger charge is -2.29. The van der Waals surface area contributed by atoms with Crippen molar-refractivity contribution in [2.75, 3.05) is 13.1 Å². The van der Waals surface area contributed by atoms with Crippen molar-refractivity contribution < 1.29 is 13.9 Å². The number of hydrogen-bond donors (Lipinski definition) is 1. The third-order valence-corrected chi connectivity index (χ3v) is 3.80. The Bertz CT molecular complexity index is 661. The van der Waals surface area contributed by atoms with Crippen LogP contribution in [0.1, 0.15) is 18.6 Å². The van der Waals surface area contributed by atoms with Crippen molar-refractivity contribution in [2.45, 2.75) is 19.1 Å². The Kier molecular flexibility index (Phi) is 4.50. The van der Waals surface area contributed by atoms with Crippen LogP contribution in [0.4, 0.5) is 4.39 Å². The van der Waals surface area contributed by atoms with Crippen LogP contribution in [0.25, 0.3) is 0 Å². The van der Waals surface area contributed by atoms with E-state index in [1.807, 2.05) is 13.0 Å². The Morgan fingerprint density at radius 2 is 2.00 bits per heavy atom. The number of hydrogen-bond acceptors (Lipinski definition) is 3. The van der Waals surface area contributed by atoms with Crippen LogP contribution in [-0.4, -0.2) is 19.2 Å². The molecule has 1 N–H and O–H groups in total. The van der Waals surface area contributed by atoms with Crippen molar-refractivity contribution in [1.29, 1.82) is 0 Å². The smallest absolute Gasteiger partial charge is 0.163 e.